The van der Waals surface area contributed by atoms with Gasteiger partial charge in [-0.3, -0.25) is 0 Å². The van der Waals surface area contributed by atoms with Crippen molar-refractivity contribution in [2.45, 2.75) is 65.2 Å². The lowest BCUT2D eigenvalue weighted by atomic mass is 10.0. The van der Waals surface area contributed by atoms with Crippen LogP contribution in [0, 0.1) is 0 Å². The Morgan fingerprint density at radius 2 is 1.07 bits per heavy atom. The summed E-state index contributed by atoms with van der Waals surface area (Å²) >= 11 is 0. The molecule has 30 heavy (non-hydrogen) atoms. The maximum Gasteiger partial charge on any atom is 0.338 e. The van der Waals surface area contributed by atoms with E-state index in [1.165, 1.54) is 0 Å². The van der Waals surface area contributed by atoms with Crippen LogP contribution in [0.4, 0.5) is 0 Å². The van der Waals surface area contributed by atoms with Crippen LogP contribution in [0.2, 0.25) is 0 Å². The molecular formula is C26H34O4. The third kappa shape index (κ3) is 8.02. The molecule has 0 saturated carbocycles. The van der Waals surface area contributed by atoms with Gasteiger partial charge in [0.25, 0.3) is 0 Å². The number of benzene rings is 2. The van der Waals surface area contributed by atoms with Crippen LogP contribution in [0.1, 0.15) is 85.9 Å². The van der Waals surface area contributed by atoms with Gasteiger partial charge in [0.05, 0.1) is 24.3 Å². The van der Waals surface area contributed by atoms with E-state index in [0.717, 1.165) is 62.5 Å². The van der Waals surface area contributed by atoms with Crippen molar-refractivity contribution in [1.29, 1.82) is 0 Å². The zero-order valence-corrected chi connectivity index (χ0v) is 18.3. The Labute approximate surface area is 180 Å². The fourth-order valence-corrected chi connectivity index (χ4v) is 3.21. The van der Waals surface area contributed by atoms with Crippen LogP contribution in [0.15, 0.2) is 48.5 Å². The molecule has 2 aromatic carbocycles. The van der Waals surface area contributed by atoms with Crippen molar-refractivity contribution in [2.75, 3.05) is 13.2 Å². The van der Waals surface area contributed by atoms with Gasteiger partial charge >= 0.3 is 11.9 Å². The van der Waals surface area contributed by atoms with Crippen LogP contribution in [0.3, 0.4) is 0 Å². The molecule has 0 aromatic heterocycles. The average molecular weight is 411 g/mol. The summed E-state index contributed by atoms with van der Waals surface area (Å²) in [6.45, 7) is 5.20. The lowest BCUT2D eigenvalue weighted by Crippen LogP contribution is -2.07. The molecule has 2 aromatic rings. The SMILES string of the molecule is CCCCCCOC(=O)c1cccc(-c2cccc(C(=O)OCCCCCC)c2)c1. The standard InChI is InChI=1S/C26H34O4/c1-3-5-7-9-17-29-25(27)23-15-11-13-21(19-23)22-14-12-16-24(20-22)26(28)30-18-10-8-6-4-2/h11-16,19-20H,3-10,17-18H2,1-2H3. The van der Waals surface area contributed by atoms with Gasteiger partial charge in [-0.2, -0.15) is 0 Å². The van der Waals surface area contributed by atoms with Crippen LogP contribution in [-0.2, 0) is 9.47 Å². The summed E-state index contributed by atoms with van der Waals surface area (Å²) in [6, 6.07) is 14.6. The van der Waals surface area contributed by atoms with Gasteiger partial charge in [-0.1, -0.05) is 76.6 Å². The lowest BCUT2D eigenvalue weighted by molar-refractivity contribution is 0.0488. The van der Waals surface area contributed by atoms with E-state index in [4.69, 9.17) is 9.47 Å². The highest BCUT2D eigenvalue weighted by molar-refractivity contribution is 5.93. The summed E-state index contributed by atoms with van der Waals surface area (Å²) in [5, 5.41) is 0. The molecule has 0 aliphatic rings. The van der Waals surface area contributed by atoms with E-state index in [0.29, 0.717) is 24.3 Å². The summed E-state index contributed by atoms with van der Waals surface area (Å²) in [5.74, 6) is -0.619. The molecule has 0 unspecified atom stereocenters. The highest BCUT2D eigenvalue weighted by atomic mass is 16.5. The van der Waals surface area contributed by atoms with Gasteiger partial charge in [-0.25, -0.2) is 9.59 Å². The van der Waals surface area contributed by atoms with Crippen molar-refractivity contribution in [2.24, 2.45) is 0 Å². The molecule has 162 valence electrons. The van der Waals surface area contributed by atoms with Gasteiger partial charge in [-0.05, 0) is 48.2 Å². The van der Waals surface area contributed by atoms with E-state index in [2.05, 4.69) is 13.8 Å². The monoisotopic (exact) mass is 410 g/mol. The molecule has 4 nitrogen and oxygen atoms in total. The van der Waals surface area contributed by atoms with Gasteiger partial charge in [0, 0.05) is 0 Å². The Hall–Kier alpha value is -2.62. The number of hydrogen-bond acceptors (Lipinski definition) is 4. The Morgan fingerprint density at radius 1 is 0.633 bits per heavy atom. The zero-order chi connectivity index (χ0) is 21.6. The summed E-state index contributed by atoms with van der Waals surface area (Å²) in [6.07, 6.45) is 8.55. The van der Waals surface area contributed by atoms with Gasteiger partial charge in [-0.15, -0.1) is 0 Å². The van der Waals surface area contributed by atoms with Crippen molar-refractivity contribution < 1.29 is 19.1 Å². The maximum atomic E-state index is 12.3. The van der Waals surface area contributed by atoms with Crippen LogP contribution >= 0.6 is 0 Å². The fraction of sp³-hybridized carbons (Fsp3) is 0.462. The third-order valence-electron chi connectivity index (χ3n) is 4.99. The van der Waals surface area contributed by atoms with Crippen LogP contribution in [0.5, 0.6) is 0 Å². The highest BCUT2D eigenvalue weighted by Gasteiger charge is 2.11. The number of rotatable bonds is 13. The van der Waals surface area contributed by atoms with Crippen molar-refractivity contribution in [3.8, 4) is 11.1 Å². The molecule has 0 saturated heterocycles. The minimum absolute atomic E-state index is 0.309. The Kier molecular flexibility index (Phi) is 10.7. The summed E-state index contributed by atoms with van der Waals surface area (Å²) < 4.78 is 10.8. The number of hydrogen-bond donors (Lipinski definition) is 0. The molecule has 0 N–H and O–H groups in total. The minimum Gasteiger partial charge on any atom is -0.462 e. The van der Waals surface area contributed by atoms with E-state index < -0.39 is 0 Å². The maximum absolute atomic E-state index is 12.3. The van der Waals surface area contributed by atoms with Gasteiger partial charge in [0.1, 0.15) is 0 Å². The number of carbonyl (C=O) groups is 2. The smallest absolute Gasteiger partial charge is 0.338 e. The molecule has 0 aliphatic heterocycles. The molecule has 0 bridgehead atoms. The second-order valence-electron chi connectivity index (χ2n) is 7.55. The van der Waals surface area contributed by atoms with Crippen LogP contribution < -0.4 is 0 Å². The topological polar surface area (TPSA) is 52.6 Å². The summed E-state index contributed by atoms with van der Waals surface area (Å²) in [5.41, 5.74) is 2.78. The Bertz CT molecular complexity index is 730. The minimum atomic E-state index is -0.309. The second-order valence-corrected chi connectivity index (χ2v) is 7.55. The predicted molar refractivity (Wildman–Crippen MR) is 121 cm³/mol. The zero-order valence-electron chi connectivity index (χ0n) is 18.3. The molecule has 2 rings (SSSR count). The molecule has 0 amide bonds. The van der Waals surface area contributed by atoms with Crippen LogP contribution in [-0.4, -0.2) is 25.2 Å². The lowest BCUT2D eigenvalue weighted by Gasteiger charge is -2.09. The van der Waals surface area contributed by atoms with E-state index >= 15 is 0 Å². The summed E-state index contributed by atoms with van der Waals surface area (Å²) in [7, 11) is 0. The van der Waals surface area contributed by atoms with E-state index in [9.17, 15) is 9.59 Å². The average Bonchev–Trinajstić information content (AvgIpc) is 2.78. The first-order valence-corrected chi connectivity index (χ1v) is 11.2. The number of esters is 2. The fourth-order valence-electron chi connectivity index (χ4n) is 3.21. The first kappa shape index (κ1) is 23.7. The van der Waals surface area contributed by atoms with Crippen molar-refractivity contribution >= 4 is 11.9 Å². The number of ether oxygens (including phenoxy) is 2. The normalized spacial score (nSPS) is 10.6. The van der Waals surface area contributed by atoms with Gasteiger partial charge in [0.15, 0.2) is 0 Å². The molecule has 0 heterocycles. The van der Waals surface area contributed by atoms with E-state index in [1.807, 2.05) is 36.4 Å². The highest BCUT2D eigenvalue weighted by Crippen LogP contribution is 2.22. The Balaban J connectivity index is 1.97. The largest absolute Gasteiger partial charge is 0.462 e. The molecule has 0 fully saturated rings. The Morgan fingerprint density at radius 3 is 1.47 bits per heavy atom. The quantitative estimate of drug-likeness (QED) is 0.268. The van der Waals surface area contributed by atoms with E-state index in [-0.39, 0.29) is 11.9 Å². The van der Waals surface area contributed by atoms with Crippen molar-refractivity contribution in [3.63, 3.8) is 0 Å². The first-order chi connectivity index (χ1) is 14.7. The predicted octanol–water partition coefficient (Wildman–Crippen LogP) is 6.83. The van der Waals surface area contributed by atoms with Gasteiger partial charge in [0.2, 0.25) is 0 Å². The van der Waals surface area contributed by atoms with E-state index in [1.54, 1.807) is 12.1 Å². The van der Waals surface area contributed by atoms with Gasteiger partial charge < -0.3 is 9.47 Å². The van der Waals surface area contributed by atoms with Crippen molar-refractivity contribution in [3.05, 3.63) is 59.7 Å². The molecule has 0 atom stereocenters. The molecule has 4 heteroatoms. The number of unbranched alkanes of at least 4 members (excludes halogenated alkanes) is 6. The van der Waals surface area contributed by atoms with Crippen molar-refractivity contribution in [1.82, 2.24) is 0 Å². The second kappa shape index (κ2) is 13.6. The molecular weight excluding hydrogens is 376 g/mol. The van der Waals surface area contributed by atoms with Crippen LogP contribution in [0.25, 0.3) is 11.1 Å². The number of carbonyl (C=O) groups excluding carboxylic acids is 2. The third-order valence-corrected chi connectivity index (χ3v) is 4.99. The first-order valence-electron chi connectivity index (χ1n) is 11.2. The molecule has 0 spiro atoms. The summed E-state index contributed by atoms with van der Waals surface area (Å²) in [4.78, 5) is 24.7. The molecule has 0 aliphatic carbocycles. The molecule has 0 radical (unpaired) electrons.